The van der Waals surface area contributed by atoms with Crippen molar-refractivity contribution in [3.8, 4) is 0 Å². The van der Waals surface area contributed by atoms with Crippen LogP contribution in [-0.2, 0) is 4.79 Å². The second-order valence-corrected chi connectivity index (χ2v) is 6.70. The van der Waals surface area contributed by atoms with Gasteiger partial charge in [0, 0.05) is 0 Å². The van der Waals surface area contributed by atoms with E-state index >= 15 is 0 Å². The van der Waals surface area contributed by atoms with Crippen LogP contribution in [0.3, 0.4) is 0 Å². The van der Waals surface area contributed by atoms with Gasteiger partial charge in [0.05, 0.1) is 41.8 Å². The highest BCUT2D eigenvalue weighted by Gasteiger charge is 2.37. The molecule has 0 aromatic heterocycles. The van der Waals surface area contributed by atoms with Crippen LogP contribution in [0, 0.1) is 0 Å². The lowest BCUT2D eigenvalue weighted by Crippen LogP contribution is -3.00. The van der Waals surface area contributed by atoms with Crippen molar-refractivity contribution in [3.63, 3.8) is 0 Å². The van der Waals surface area contributed by atoms with E-state index in [0.717, 1.165) is 13.0 Å². The van der Waals surface area contributed by atoms with Gasteiger partial charge in [-0.15, -0.1) is 0 Å². The topological polar surface area (TPSA) is 49.3 Å². The van der Waals surface area contributed by atoms with Gasteiger partial charge in [0.15, 0.2) is 12.3 Å². The van der Waals surface area contributed by atoms with E-state index in [2.05, 4.69) is 18.8 Å². The van der Waals surface area contributed by atoms with Crippen molar-refractivity contribution in [2.24, 2.45) is 0 Å². The molecule has 128 valence electrons. The molecular weight excluding hydrogens is 313 g/mol. The van der Waals surface area contributed by atoms with Crippen LogP contribution in [0.2, 0.25) is 0 Å². The zero-order valence-corrected chi connectivity index (χ0v) is 15.6. The molecule has 0 aromatic carbocycles. The van der Waals surface area contributed by atoms with Crippen LogP contribution >= 0.6 is 0 Å². The van der Waals surface area contributed by atoms with Gasteiger partial charge in [-0.05, 0) is 12.5 Å². The molecule has 7 heteroatoms. The first-order valence-corrected chi connectivity index (χ1v) is 6.77. The van der Waals surface area contributed by atoms with Crippen LogP contribution in [0.4, 0.5) is 0 Å². The van der Waals surface area contributed by atoms with Gasteiger partial charge in [0.1, 0.15) is 6.54 Å². The lowest BCUT2D eigenvalue weighted by molar-refractivity contribution is -0.930. The van der Waals surface area contributed by atoms with Crippen molar-refractivity contribution in [2.45, 2.75) is 25.6 Å². The summed E-state index contributed by atoms with van der Waals surface area (Å²) in [7, 11) is 10.1. The number of amides is 1. The Labute approximate surface area is 142 Å². The van der Waals surface area contributed by atoms with Crippen LogP contribution in [0.15, 0.2) is 12.7 Å². The summed E-state index contributed by atoms with van der Waals surface area (Å²) in [5.41, 5.74) is 0. The Kier molecular flexibility index (Phi) is 12.7. The van der Waals surface area contributed by atoms with Crippen molar-refractivity contribution in [1.29, 1.82) is 0 Å². The first-order valence-electron chi connectivity index (χ1n) is 6.77. The Balaban J connectivity index is -0.00000162. The standard InChI is InChI=1S/C14H30N3O2.2ClH/c1-8-10-17(6,7)14(15-13(19)9-2)12(18)11-16(3,4)5;;/h9,12,14,18H,2,8,10-11H2,1,3-7H3;2*1H/q+1;;/p-1. The smallest absolute Gasteiger partial charge is 0.247 e. The molecule has 0 aromatic rings. The normalized spacial score (nSPS) is 14.2. The van der Waals surface area contributed by atoms with Gasteiger partial charge in [-0.25, -0.2) is 0 Å². The van der Waals surface area contributed by atoms with Crippen molar-refractivity contribution in [1.82, 2.24) is 5.32 Å². The summed E-state index contributed by atoms with van der Waals surface area (Å²) in [4.78, 5) is 11.6. The lowest BCUT2D eigenvalue weighted by Gasteiger charge is -2.41. The van der Waals surface area contributed by atoms with E-state index in [9.17, 15) is 9.90 Å². The number of hydrogen-bond acceptors (Lipinski definition) is 2. The van der Waals surface area contributed by atoms with Crippen molar-refractivity contribution < 1.29 is 43.7 Å². The summed E-state index contributed by atoms with van der Waals surface area (Å²) in [6, 6.07) is 0. The Hall–Kier alpha value is -0.330. The molecule has 0 radical (unpaired) electrons. The number of carbonyl (C=O) groups is 1. The molecule has 2 N–H and O–H groups in total. The minimum Gasteiger partial charge on any atom is -1.00 e. The third kappa shape index (κ3) is 10.1. The van der Waals surface area contributed by atoms with Crippen LogP contribution in [0.1, 0.15) is 13.3 Å². The number of quaternary nitrogens is 2. The second kappa shape index (κ2) is 10.4. The number of carbonyl (C=O) groups excluding carboxylic acids is 1. The molecule has 5 nitrogen and oxygen atoms in total. The number of halogens is 2. The fraction of sp³-hybridized carbons (Fsp3) is 0.786. The molecule has 0 aliphatic carbocycles. The molecule has 2 atom stereocenters. The number of likely N-dealkylation sites (N-methyl/N-ethyl adjacent to an activating group) is 2. The Morgan fingerprint density at radius 3 is 2.05 bits per heavy atom. The predicted octanol–water partition coefficient (Wildman–Crippen LogP) is -5.82. The molecule has 0 bridgehead atoms. The predicted molar refractivity (Wildman–Crippen MR) is 78.3 cm³/mol. The lowest BCUT2D eigenvalue weighted by atomic mass is 10.1. The molecule has 0 rings (SSSR count). The number of rotatable bonds is 8. The summed E-state index contributed by atoms with van der Waals surface area (Å²) in [6.45, 7) is 7.03. The number of aliphatic hydroxyl groups is 1. The number of nitrogens with zero attached hydrogens (tertiary/aromatic N) is 2. The molecule has 0 fully saturated rings. The minimum atomic E-state index is -0.606. The molecule has 2 unspecified atom stereocenters. The second-order valence-electron chi connectivity index (χ2n) is 6.70. The average Bonchev–Trinajstić information content (AvgIpc) is 2.22. The van der Waals surface area contributed by atoms with Gasteiger partial charge in [0.25, 0.3) is 0 Å². The monoisotopic (exact) mass is 343 g/mol. The highest BCUT2D eigenvalue weighted by Crippen LogP contribution is 2.12. The molecule has 0 spiro atoms. The molecule has 0 saturated carbocycles. The largest absolute Gasteiger partial charge is 1.00 e. The van der Waals surface area contributed by atoms with E-state index in [1.54, 1.807) is 0 Å². The first kappa shape index (κ1) is 25.6. The summed E-state index contributed by atoms with van der Waals surface area (Å²) in [5.74, 6) is -0.243. The minimum absolute atomic E-state index is 0. The SMILES string of the molecule is C=CC(=O)NC(C(O)C[N+](C)(C)C)[N+](C)(C)CCC.[Cl-].[Cl-]. The highest BCUT2D eigenvalue weighted by atomic mass is 35.5. The van der Waals surface area contributed by atoms with Crippen LogP contribution in [0.5, 0.6) is 0 Å². The van der Waals surface area contributed by atoms with Gasteiger partial charge in [0.2, 0.25) is 5.91 Å². The van der Waals surface area contributed by atoms with E-state index in [4.69, 9.17) is 0 Å². The Bertz CT molecular complexity index is 318. The van der Waals surface area contributed by atoms with E-state index in [0.29, 0.717) is 15.5 Å². The summed E-state index contributed by atoms with van der Waals surface area (Å²) in [6.07, 6.45) is 1.30. The van der Waals surface area contributed by atoms with Gasteiger partial charge in [-0.3, -0.25) is 4.79 Å². The fourth-order valence-corrected chi connectivity index (χ4v) is 2.32. The van der Waals surface area contributed by atoms with Crippen LogP contribution in [-0.4, -0.2) is 80.6 Å². The van der Waals surface area contributed by atoms with Crippen molar-refractivity contribution in [2.75, 3.05) is 48.3 Å². The molecule has 0 heterocycles. The molecule has 0 aliphatic heterocycles. The first-order chi connectivity index (χ1) is 8.53. The number of hydrogen-bond donors (Lipinski definition) is 2. The molecular formula is C14H31Cl2N3O2. The van der Waals surface area contributed by atoms with Gasteiger partial charge >= 0.3 is 0 Å². The number of aliphatic hydroxyl groups excluding tert-OH is 1. The summed E-state index contributed by atoms with van der Waals surface area (Å²) < 4.78 is 1.20. The van der Waals surface area contributed by atoms with E-state index in [-0.39, 0.29) is 36.9 Å². The summed E-state index contributed by atoms with van der Waals surface area (Å²) in [5, 5.41) is 13.3. The van der Waals surface area contributed by atoms with Gasteiger partial charge in [-0.2, -0.15) is 0 Å². The molecule has 0 saturated heterocycles. The number of nitrogens with one attached hydrogen (secondary N) is 1. The van der Waals surface area contributed by atoms with Crippen molar-refractivity contribution in [3.05, 3.63) is 12.7 Å². The summed E-state index contributed by atoms with van der Waals surface area (Å²) >= 11 is 0. The van der Waals surface area contributed by atoms with Crippen molar-refractivity contribution >= 4 is 5.91 Å². The maximum absolute atomic E-state index is 11.6. The zero-order chi connectivity index (χ0) is 15.3. The van der Waals surface area contributed by atoms with E-state index < -0.39 is 6.10 Å². The highest BCUT2D eigenvalue weighted by molar-refractivity contribution is 5.86. The van der Waals surface area contributed by atoms with Crippen LogP contribution < -0.4 is 30.1 Å². The Morgan fingerprint density at radius 2 is 1.71 bits per heavy atom. The molecule has 21 heavy (non-hydrogen) atoms. The fourth-order valence-electron chi connectivity index (χ4n) is 2.32. The third-order valence-electron chi connectivity index (χ3n) is 3.13. The molecule has 0 aliphatic rings. The maximum Gasteiger partial charge on any atom is 0.247 e. The average molecular weight is 344 g/mol. The van der Waals surface area contributed by atoms with E-state index in [1.165, 1.54) is 6.08 Å². The Morgan fingerprint density at radius 1 is 1.24 bits per heavy atom. The van der Waals surface area contributed by atoms with Gasteiger partial charge in [-0.1, -0.05) is 13.5 Å². The third-order valence-corrected chi connectivity index (χ3v) is 3.13. The van der Waals surface area contributed by atoms with E-state index in [1.807, 2.05) is 35.2 Å². The quantitative estimate of drug-likeness (QED) is 0.262. The molecule has 1 amide bonds. The zero-order valence-electron chi connectivity index (χ0n) is 14.1. The van der Waals surface area contributed by atoms with Crippen LogP contribution in [0.25, 0.3) is 0 Å². The van der Waals surface area contributed by atoms with Gasteiger partial charge < -0.3 is 44.2 Å². The maximum atomic E-state index is 11.6.